The zero-order chi connectivity index (χ0) is 22.9. The van der Waals surface area contributed by atoms with Crippen molar-refractivity contribution in [2.24, 2.45) is 5.92 Å². The lowest BCUT2D eigenvalue weighted by atomic mass is 10.1. The minimum atomic E-state index is -1.23. The number of anilines is 2. The number of fused-ring (bicyclic) bond motifs is 2. The van der Waals surface area contributed by atoms with Gasteiger partial charge >= 0.3 is 6.09 Å². The summed E-state index contributed by atoms with van der Waals surface area (Å²) in [6.45, 7) is 6.50. The molecule has 31 heavy (non-hydrogen) atoms. The predicted molar refractivity (Wildman–Crippen MR) is 120 cm³/mol. The number of carbonyl (C=O) groups is 1. The van der Waals surface area contributed by atoms with Crippen LogP contribution in [0.1, 0.15) is 20.8 Å². The second-order valence-corrected chi connectivity index (χ2v) is 8.11. The molecule has 0 saturated carbocycles. The third-order valence-corrected chi connectivity index (χ3v) is 4.40. The van der Waals surface area contributed by atoms with Crippen molar-refractivity contribution in [3.05, 3.63) is 35.6 Å². The van der Waals surface area contributed by atoms with Crippen LogP contribution in [0, 0.1) is 11.7 Å². The Morgan fingerprint density at radius 1 is 1.29 bits per heavy atom. The van der Waals surface area contributed by atoms with Crippen LogP contribution in [0.25, 0.3) is 27.8 Å². The van der Waals surface area contributed by atoms with Gasteiger partial charge in [0.1, 0.15) is 5.69 Å². The van der Waals surface area contributed by atoms with Crippen molar-refractivity contribution in [2.75, 3.05) is 24.3 Å². The highest BCUT2D eigenvalue weighted by molar-refractivity contribution is 6.35. The summed E-state index contributed by atoms with van der Waals surface area (Å²) in [5.41, 5.74) is 1.99. The monoisotopic (exact) mass is 447 g/mol. The van der Waals surface area contributed by atoms with Crippen molar-refractivity contribution in [1.29, 1.82) is 0 Å². The standard InChI is InChI=1S/C16H13ClFN7O2.C4H10/c1-24(2)15-13(18)12(17)11(7-3-20-23-14(7)15)8-5-25-6-9(22-16(26)27)21-10(25)4-19-8;1-4(2)3/h3-6,22H,1-2H3,(H,20,23)(H,26,27);4H,1-3H3. The van der Waals surface area contributed by atoms with E-state index in [1.54, 1.807) is 35.8 Å². The summed E-state index contributed by atoms with van der Waals surface area (Å²) in [6.07, 6.45) is 4.86. The number of aromatic nitrogens is 5. The van der Waals surface area contributed by atoms with Crippen molar-refractivity contribution in [3.8, 4) is 11.3 Å². The highest BCUT2D eigenvalue weighted by atomic mass is 35.5. The second kappa shape index (κ2) is 8.76. The van der Waals surface area contributed by atoms with Crippen LogP contribution in [0.3, 0.4) is 0 Å². The van der Waals surface area contributed by atoms with Crippen molar-refractivity contribution in [2.45, 2.75) is 20.8 Å². The Kier molecular flexibility index (Phi) is 6.30. The number of hydrogen-bond acceptors (Lipinski definition) is 5. The first-order valence-corrected chi connectivity index (χ1v) is 9.84. The average Bonchev–Trinajstić information content (AvgIpc) is 3.27. The number of halogens is 2. The van der Waals surface area contributed by atoms with Gasteiger partial charge in [0.25, 0.3) is 0 Å². The average molecular weight is 448 g/mol. The number of benzene rings is 1. The quantitative estimate of drug-likeness (QED) is 0.412. The molecule has 0 unspecified atom stereocenters. The van der Waals surface area contributed by atoms with Crippen LogP contribution in [0.5, 0.6) is 0 Å². The molecule has 164 valence electrons. The number of carboxylic acid groups (broad SMARTS) is 1. The molecule has 0 aliphatic carbocycles. The van der Waals surface area contributed by atoms with Gasteiger partial charge in [-0.2, -0.15) is 5.10 Å². The van der Waals surface area contributed by atoms with E-state index in [1.807, 2.05) is 0 Å². The van der Waals surface area contributed by atoms with Crippen LogP contribution in [-0.4, -0.2) is 49.9 Å². The molecule has 0 bridgehead atoms. The van der Waals surface area contributed by atoms with Gasteiger partial charge in [-0.25, -0.2) is 14.2 Å². The van der Waals surface area contributed by atoms with E-state index in [4.69, 9.17) is 16.7 Å². The minimum Gasteiger partial charge on any atom is -0.465 e. The first kappa shape index (κ1) is 22.3. The molecule has 0 aliphatic rings. The molecule has 0 saturated heterocycles. The fourth-order valence-electron chi connectivity index (χ4n) is 2.97. The smallest absolute Gasteiger partial charge is 0.410 e. The maximum atomic E-state index is 14.9. The minimum absolute atomic E-state index is 0.0801. The second-order valence-electron chi connectivity index (χ2n) is 7.73. The number of hydrogen-bond donors (Lipinski definition) is 3. The lowest BCUT2D eigenvalue weighted by molar-refractivity contribution is 0.209. The van der Waals surface area contributed by atoms with E-state index in [2.05, 4.69) is 46.3 Å². The summed E-state index contributed by atoms with van der Waals surface area (Å²) in [5, 5.41) is 18.3. The van der Waals surface area contributed by atoms with Gasteiger partial charge in [0.2, 0.25) is 0 Å². The van der Waals surface area contributed by atoms with E-state index >= 15 is 0 Å². The van der Waals surface area contributed by atoms with Crippen molar-refractivity contribution >= 4 is 45.7 Å². The third kappa shape index (κ3) is 4.53. The number of amides is 1. The normalized spacial score (nSPS) is 11.0. The Morgan fingerprint density at radius 3 is 2.58 bits per heavy atom. The van der Waals surface area contributed by atoms with Gasteiger partial charge < -0.3 is 14.4 Å². The number of rotatable bonds is 3. The summed E-state index contributed by atoms with van der Waals surface area (Å²) in [6, 6.07) is 0. The molecule has 3 heterocycles. The number of imidazole rings is 1. The lowest BCUT2D eigenvalue weighted by Crippen LogP contribution is -2.12. The van der Waals surface area contributed by atoms with Crippen LogP contribution in [0.4, 0.5) is 20.7 Å². The number of nitrogens with zero attached hydrogens (tertiary/aromatic N) is 5. The van der Waals surface area contributed by atoms with Gasteiger partial charge in [0, 0.05) is 31.2 Å². The number of aromatic amines is 1. The molecule has 0 atom stereocenters. The van der Waals surface area contributed by atoms with E-state index < -0.39 is 11.9 Å². The molecule has 0 fully saturated rings. The Balaban J connectivity index is 0.000000628. The Morgan fingerprint density at radius 2 is 1.97 bits per heavy atom. The van der Waals surface area contributed by atoms with Crippen LogP contribution in [0.2, 0.25) is 5.02 Å². The maximum absolute atomic E-state index is 14.9. The number of nitrogens with one attached hydrogen (secondary N) is 2. The Hall–Kier alpha value is -3.40. The van der Waals surface area contributed by atoms with Crippen LogP contribution >= 0.6 is 11.6 Å². The molecule has 11 heteroatoms. The zero-order valence-corrected chi connectivity index (χ0v) is 18.5. The molecule has 4 aromatic rings. The van der Waals surface area contributed by atoms with Crippen LogP contribution in [0.15, 0.2) is 24.8 Å². The van der Waals surface area contributed by atoms with Gasteiger partial charge in [-0.3, -0.25) is 15.4 Å². The largest absolute Gasteiger partial charge is 0.465 e. The lowest BCUT2D eigenvalue weighted by Gasteiger charge is -2.17. The zero-order valence-electron chi connectivity index (χ0n) is 17.7. The van der Waals surface area contributed by atoms with Crippen LogP contribution < -0.4 is 10.2 Å². The van der Waals surface area contributed by atoms with E-state index in [0.29, 0.717) is 33.5 Å². The summed E-state index contributed by atoms with van der Waals surface area (Å²) in [4.78, 5) is 20.8. The van der Waals surface area contributed by atoms with Crippen molar-refractivity contribution in [1.82, 2.24) is 24.6 Å². The summed E-state index contributed by atoms with van der Waals surface area (Å²) >= 11 is 6.34. The molecule has 0 radical (unpaired) electrons. The van der Waals surface area contributed by atoms with Crippen molar-refractivity contribution < 1.29 is 14.3 Å². The molecule has 9 nitrogen and oxygen atoms in total. The van der Waals surface area contributed by atoms with Gasteiger partial charge in [0.15, 0.2) is 17.3 Å². The molecular weight excluding hydrogens is 425 g/mol. The Labute approximate surface area is 182 Å². The maximum Gasteiger partial charge on any atom is 0.410 e. The summed E-state index contributed by atoms with van der Waals surface area (Å²) in [5.74, 6) is 0.393. The summed E-state index contributed by atoms with van der Waals surface area (Å²) < 4.78 is 16.5. The number of H-pyrrole nitrogens is 1. The summed E-state index contributed by atoms with van der Waals surface area (Å²) in [7, 11) is 3.42. The first-order chi connectivity index (χ1) is 14.6. The molecule has 3 aromatic heterocycles. The molecule has 1 amide bonds. The third-order valence-electron chi connectivity index (χ3n) is 4.05. The highest BCUT2D eigenvalue weighted by Crippen LogP contribution is 2.41. The molecule has 0 spiro atoms. The van der Waals surface area contributed by atoms with E-state index in [0.717, 1.165) is 5.92 Å². The van der Waals surface area contributed by atoms with E-state index in [9.17, 15) is 9.18 Å². The van der Waals surface area contributed by atoms with Crippen molar-refractivity contribution in [3.63, 3.8) is 0 Å². The van der Waals surface area contributed by atoms with Crippen LogP contribution in [-0.2, 0) is 0 Å². The highest BCUT2D eigenvalue weighted by Gasteiger charge is 2.23. The van der Waals surface area contributed by atoms with Gasteiger partial charge in [-0.15, -0.1) is 0 Å². The predicted octanol–water partition coefficient (Wildman–Crippen LogP) is 4.88. The molecule has 0 aliphatic heterocycles. The fraction of sp³-hybridized carbons (Fsp3) is 0.300. The molecule has 1 aromatic carbocycles. The van der Waals surface area contributed by atoms with E-state index in [-0.39, 0.29) is 10.8 Å². The van der Waals surface area contributed by atoms with Gasteiger partial charge in [0.05, 0.1) is 34.8 Å². The van der Waals surface area contributed by atoms with Gasteiger partial charge in [-0.05, 0) is 5.92 Å². The van der Waals surface area contributed by atoms with Gasteiger partial charge in [-0.1, -0.05) is 32.4 Å². The Bertz CT molecular complexity index is 1250. The molecule has 3 N–H and O–H groups in total. The molecule has 4 rings (SSSR count). The molecular formula is C20H23ClFN7O2. The fourth-order valence-corrected chi connectivity index (χ4v) is 3.25. The SMILES string of the molecule is CC(C)C.CN(C)c1c(F)c(Cl)c(-c2cn3cc(NC(=O)O)nc3cn2)c2cn[nH]c12. The topological polar surface area (TPSA) is 111 Å². The van der Waals surface area contributed by atoms with E-state index in [1.165, 1.54) is 12.4 Å². The first-order valence-electron chi connectivity index (χ1n) is 9.46.